The fourth-order valence-electron chi connectivity index (χ4n) is 2.64. The molecule has 8 heteroatoms. The quantitative estimate of drug-likeness (QED) is 0.910. The number of thioether (sulfide) groups is 1. The number of carbonyl (C=O) groups excluding carboxylic acids is 1. The average Bonchev–Trinajstić information content (AvgIpc) is 3.09. The van der Waals surface area contributed by atoms with Crippen molar-refractivity contribution in [2.24, 2.45) is 0 Å². The highest BCUT2D eigenvalue weighted by Crippen LogP contribution is 2.42. The summed E-state index contributed by atoms with van der Waals surface area (Å²) in [7, 11) is 0. The monoisotopic (exact) mass is 323 g/mol. The number of anilines is 1. The van der Waals surface area contributed by atoms with Crippen LogP contribution in [0.25, 0.3) is 10.2 Å². The molecule has 0 spiro atoms. The molecule has 4 heterocycles. The van der Waals surface area contributed by atoms with Crippen LogP contribution in [0.1, 0.15) is 12.8 Å². The Kier molecular flexibility index (Phi) is 3.24. The second-order valence-corrected chi connectivity index (χ2v) is 7.38. The van der Waals surface area contributed by atoms with Gasteiger partial charge in [-0.3, -0.25) is 14.2 Å². The maximum atomic E-state index is 12.6. The van der Waals surface area contributed by atoms with Crippen LogP contribution in [0.4, 0.5) is 5.69 Å². The Labute approximate surface area is 128 Å². The van der Waals surface area contributed by atoms with Crippen molar-refractivity contribution in [3.63, 3.8) is 0 Å². The fraction of sp³-hybridized carbons (Fsp3) is 0.462. The van der Waals surface area contributed by atoms with Gasteiger partial charge in [0.05, 0.1) is 34.6 Å². The van der Waals surface area contributed by atoms with Crippen LogP contribution in [-0.4, -0.2) is 33.9 Å². The molecule has 1 amide bonds. The zero-order valence-electron chi connectivity index (χ0n) is 11.1. The van der Waals surface area contributed by atoms with Crippen LogP contribution in [0.2, 0.25) is 0 Å². The molecular formula is C13H13N3O3S2. The molecule has 2 aromatic rings. The lowest BCUT2D eigenvalue weighted by Gasteiger charge is -2.12. The topological polar surface area (TPSA) is 73.2 Å². The van der Waals surface area contributed by atoms with E-state index < -0.39 is 0 Å². The van der Waals surface area contributed by atoms with Crippen LogP contribution in [0.15, 0.2) is 15.3 Å². The van der Waals surface area contributed by atoms with E-state index in [2.05, 4.69) is 10.3 Å². The van der Waals surface area contributed by atoms with E-state index in [1.165, 1.54) is 23.1 Å². The molecule has 0 unspecified atom stereocenters. The second kappa shape index (κ2) is 5.11. The molecule has 21 heavy (non-hydrogen) atoms. The van der Waals surface area contributed by atoms with Crippen LogP contribution in [0, 0.1) is 0 Å². The number of fused-ring (bicyclic) bond motifs is 3. The van der Waals surface area contributed by atoms with E-state index in [0.717, 1.165) is 23.7 Å². The lowest BCUT2D eigenvalue weighted by molar-refractivity contribution is -0.113. The van der Waals surface area contributed by atoms with Crippen molar-refractivity contribution in [2.45, 2.75) is 29.7 Å². The Bertz CT molecular complexity index is 777. The van der Waals surface area contributed by atoms with Crippen molar-refractivity contribution < 1.29 is 9.53 Å². The Morgan fingerprint density at radius 2 is 2.38 bits per heavy atom. The van der Waals surface area contributed by atoms with Gasteiger partial charge in [0.25, 0.3) is 5.56 Å². The largest absolute Gasteiger partial charge is 0.376 e. The van der Waals surface area contributed by atoms with Gasteiger partial charge in [-0.2, -0.15) is 0 Å². The first-order valence-corrected chi connectivity index (χ1v) is 8.59. The van der Waals surface area contributed by atoms with Crippen LogP contribution in [0.5, 0.6) is 0 Å². The Balaban J connectivity index is 1.77. The van der Waals surface area contributed by atoms with Gasteiger partial charge in [-0.25, -0.2) is 4.98 Å². The van der Waals surface area contributed by atoms with Gasteiger partial charge >= 0.3 is 0 Å². The van der Waals surface area contributed by atoms with Gasteiger partial charge in [0.2, 0.25) is 5.91 Å². The summed E-state index contributed by atoms with van der Waals surface area (Å²) < 4.78 is 8.76. The predicted octanol–water partition coefficient (Wildman–Crippen LogP) is 1.68. The summed E-state index contributed by atoms with van der Waals surface area (Å²) in [6.07, 6.45) is 3.69. The van der Waals surface area contributed by atoms with E-state index in [9.17, 15) is 9.59 Å². The van der Waals surface area contributed by atoms with E-state index in [1.54, 1.807) is 10.9 Å². The molecule has 1 saturated heterocycles. The molecule has 110 valence electrons. The number of nitrogens with zero attached hydrogens (tertiary/aromatic N) is 2. The van der Waals surface area contributed by atoms with Crippen LogP contribution in [-0.2, 0) is 16.1 Å². The first-order valence-electron chi connectivity index (χ1n) is 6.78. The van der Waals surface area contributed by atoms with Crippen LogP contribution < -0.4 is 10.9 Å². The summed E-state index contributed by atoms with van der Waals surface area (Å²) >= 11 is 2.88. The number of amides is 1. The molecule has 0 bridgehead atoms. The van der Waals surface area contributed by atoms with Crippen LogP contribution in [0.3, 0.4) is 0 Å². The summed E-state index contributed by atoms with van der Waals surface area (Å²) in [6.45, 7) is 1.31. The van der Waals surface area contributed by atoms with Gasteiger partial charge in [-0.15, -0.1) is 23.1 Å². The Morgan fingerprint density at radius 3 is 3.19 bits per heavy atom. The van der Waals surface area contributed by atoms with Crippen molar-refractivity contribution >= 4 is 44.9 Å². The number of ether oxygens (including phenoxy) is 1. The molecular weight excluding hydrogens is 310 g/mol. The summed E-state index contributed by atoms with van der Waals surface area (Å²) in [4.78, 5) is 28.4. The minimum Gasteiger partial charge on any atom is -0.376 e. The normalized spacial score (nSPS) is 21.5. The summed E-state index contributed by atoms with van der Waals surface area (Å²) in [5, 5.41) is 2.82. The number of carbonyl (C=O) groups is 1. The third kappa shape index (κ3) is 2.27. The SMILES string of the molecule is O=C1CSc2sc3c(=O)n(C[C@@H]4CCCO4)cnc3c2N1. The molecule has 0 aliphatic carbocycles. The molecule has 0 radical (unpaired) electrons. The summed E-state index contributed by atoms with van der Waals surface area (Å²) in [6, 6.07) is 0. The highest BCUT2D eigenvalue weighted by atomic mass is 32.2. The first-order chi connectivity index (χ1) is 10.2. The predicted molar refractivity (Wildman–Crippen MR) is 82.2 cm³/mol. The molecule has 1 atom stereocenters. The maximum Gasteiger partial charge on any atom is 0.271 e. The summed E-state index contributed by atoms with van der Waals surface area (Å²) in [5.74, 6) is 0.349. The molecule has 2 aliphatic heterocycles. The number of hydrogen-bond acceptors (Lipinski definition) is 6. The van der Waals surface area contributed by atoms with E-state index in [4.69, 9.17) is 4.74 Å². The van der Waals surface area contributed by atoms with Gasteiger partial charge in [0, 0.05) is 6.61 Å². The molecule has 4 rings (SSSR count). The average molecular weight is 323 g/mol. The highest BCUT2D eigenvalue weighted by Gasteiger charge is 2.24. The van der Waals surface area contributed by atoms with Crippen molar-refractivity contribution in [3.8, 4) is 0 Å². The second-order valence-electron chi connectivity index (χ2n) is 5.12. The van der Waals surface area contributed by atoms with Crippen molar-refractivity contribution in [1.82, 2.24) is 9.55 Å². The Morgan fingerprint density at radius 1 is 1.48 bits per heavy atom. The van der Waals surface area contributed by atoms with E-state index in [0.29, 0.717) is 28.2 Å². The number of aromatic nitrogens is 2. The van der Waals surface area contributed by atoms with E-state index >= 15 is 0 Å². The maximum absolute atomic E-state index is 12.6. The van der Waals surface area contributed by atoms with Crippen molar-refractivity contribution in [3.05, 3.63) is 16.7 Å². The third-order valence-corrected chi connectivity index (χ3v) is 6.09. The lowest BCUT2D eigenvalue weighted by Crippen LogP contribution is -2.26. The van der Waals surface area contributed by atoms with Gasteiger partial charge in [-0.05, 0) is 12.8 Å². The van der Waals surface area contributed by atoms with Gasteiger partial charge in [0.15, 0.2) is 0 Å². The lowest BCUT2D eigenvalue weighted by atomic mass is 10.2. The molecule has 2 aromatic heterocycles. The zero-order valence-corrected chi connectivity index (χ0v) is 12.8. The standard InChI is InChI=1S/C13H13N3O3S2/c17-8-5-20-13-10(15-8)9-11(21-13)12(18)16(6-14-9)4-7-2-1-3-19-7/h6-7H,1-5H2,(H,15,17)/t7-/m0/s1. The molecule has 0 aromatic carbocycles. The smallest absolute Gasteiger partial charge is 0.271 e. The minimum absolute atomic E-state index is 0.0439. The van der Waals surface area contributed by atoms with E-state index in [-0.39, 0.29) is 17.6 Å². The molecule has 6 nitrogen and oxygen atoms in total. The number of nitrogens with one attached hydrogen (secondary N) is 1. The number of hydrogen-bond donors (Lipinski definition) is 1. The number of thiophene rings is 1. The van der Waals surface area contributed by atoms with Crippen LogP contribution >= 0.6 is 23.1 Å². The van der Waals surface area contributed by atoms with Crippen molar-refractivity contribution in [2.75, 3.05) is 17.7 Å². The van der Waals surface area contributed by atoms with Crippen molar-refractivity contribution in [1.29, 1.82) is 0 Å². The molecule has 1 N–H and O–H groups in total. The summed E-state index contributed by atoms with van der Waals surface area (Å²) in [5.41, 5.74) is 1.24. The molecule has 2 aliphatic rings. The van der Waals surface area contributed by atoms with Gasteiger partial charge in [0.1, 0.15) is 10.2 Å². The van der Waals surface area contributed by atoms with Gasteiger partial charge < -0.3 is 10.1 Å². The van der Waals surface area contributed by atoms with E-state index in [1.807, 2.05) is 0 Å². The number of rotatable bonds is 2. The third-order valence-electron chi connectivity index (χ3n) is 3.66. The molecule has 1 fully saturated rings. The van der Waals surface area contributed by atoms with Gasteiger partial charge in [-0.1, -0.05) is 0 Å². The highest BCUT2D eigenvalue weighted by molar-refractivity contribution is 8.02. The zero-order chi connectivity index (χ0) is 14.4. The Hall–Kier alpha value is -1.38. The first kappa shape index (κ1) is 13.3. The fourth-order valence-corrected chi connectivity index (χ4v) is 4.82. The minimum atomic E-state index is -0.0512. The molecule has 0 saturated carbocycles.